The zero-order valence-electron chi connectivity index (χ0n) is 23.1. The molecule has 0 spiro atoms. The number of benzene rings is 4. The van der Waals surface area contributed by atoms with E-state index in [1.807, 2.05) is 91.0 Å². The number of rotatable bonds is 5. The first-order chi connectivity index (χ1) is 21.6. The van der Waals surface area contributed by atoms with Gasteiger partial charge >= 0.3 is 5.69 Å². The van der Waals surface area contributed by atoms with E-state index in [2.05, 4.69) is 26.7 Å². The molecule has 0 aliphatic rings. The second-order valence-electron chi connectivity index (χ2n) is 9.88. The van der Waals surface area contributed by atoms with Gasteiger partial charge in [-0.25, -0.2) is 9.97 Å². The molecule has 0 atom stereocenters. The molecule has 4 aromatic carbocycles. The molecule has 10 nitrogen and oxygen atoms in total. The minimum Gasteiger partial charge on any atom is -0.454 e. The van der Waals surface area contributed by atoms with Crippen LogP contribution in [0.25, 0.3) is 43.9 Å². The molecule has 0 aliphatic heterocycles. The number of nitrogens with two attached hydrogens (primary N) is 1. The maximum atomic E-state index is 11.1. The monoisotopic (exact) mass is 580 g/mol. The van der Waals surface area contributed by atoms with Gasteiger partial charge in [-0.05, 0) is 42.5 Å². The lowest BCUT2D eigenvalue weighted by Gasteiger charge is -2.07. The van der Waals surface area contributed by atoms with Crippen LogP contribution < -0.4 is 16.4 Å². The number of aromatic nitrogens is 2. The highest BCUT2D eigenvalue weighted by Crippen LogP contribution is 2.36. The zero-order valence-corrected chi connectivity index (χ0v) is 23.1. The van der Waals surface area contributed by atoms with Crippen LogP contribution in [-0.2, 0) is 0 Å². The summed E-state index contributed by atoms with van der Waals surface area (Å²) in [6.07, 6.45) is 3.21. The smallest absolute Gasteiger partial charge is 0.311 e. The number of anilines is 5. The third-order valence-electron chi connectivity index (χ3n) is 7.14. The van der Waals surface area contributed by atoms with E-state index in [-0.39, 0.29) is 11.5 Å². The Morgan fingerprint density at radius 3 is 1.66 bits per heavy atom. The Hall–Kier alpha value is -6.42. The summed E-state index contributed by atoms with van der Waals surface area (Å²) in [5.74, 6) is 0.816. The van der Waals surface area contributed by atoms with Crippen molar-refractivity contribution in [1.29, 1.82) is 0 Å². The van der Waals surface area contributed by atoms with Crippen molar-refractivity contribution < 1.29 is 13.8 Å². The van der Waals surface area contributed by atoms with Crippen molar-refractivity contribution in [1.82, 2.24) is 9.97 Å². The summed E-state index contributed by atoms with van der Waals surface area (Å²) in [6, 6.07) is 33.9. The van der Waals surface area contributed by atoms with E-state index < -0.39 is 4.92 Å². The average molecular weight is 581 g/mol. The summed E-state index contributed by atoms with van der Waals surface area (Å²) >= 11 is 0. The van der Waals surface area contributed by atoms with E-state index in [0.29, 0.717) is 22.8 Å². The van der Waals surface area contributed by atoms with Crippen LogP contribution in [0.4, 0.5) is 34.4 Å². The minimum atomic E-state index is -0.464. The van der Waals surface area contributed by atoms with Gasteiger partial charge in [-0.15, -0.1) is 0 Å². The maximum absolute atomic E-state index is 11.1. The third-order valence-corrected chi connectivity index (χ3v) is 7.14. The van der Waals surface area contributed by atoms with Gasteiger partial charge in [0.05, 0.1) is 22.0 Å². The molecule has 0 saturated carbocycles. The van der Waals surface area contributed by atoms with Gasteiger partial charge in [0.25, 0.3) is 0 Å². The van der Waals surface area contributed by atoms with Gasteiger partial charge in [0.1, 0.15) is 11.2 Å². The Balaban J connectivity index is 0.000000143. The number of para-hydroxylation sites is 4. The van der Waals surface area contributed by atoms with Crippen molar-refractivity contribution in [2.24, 2.45) is 0 Å². The second-order valence-corrected chi connectivity index (χ2v) is 9.88. The predicted molar refractivity (Wildman–Crippen MR) is 174 cm³/mol. The fraction of sp³-hybridized carbons (Fsp3) is 0. The van der Waals surface area contributed by atoms with Gasteiger partial charge in [-0.3, -0.25) is 10.1 Å². The third kappa shape index (κ3) is 4.86. The van der Waals surface area contributed by atoms with Crippen molar-refractivity contribution in [2.75, 3.05) is 16.4 Å². The molecule has 0 fully saturated rings. The lowest BCUT2D eigenvalue weighted by Crippen LogP contribution is -1.99. The minimum absolute atomic E-state index is 0.0828. The van der Waals surface area contributed by atoms with E-state index >= 15 is 0 Å². The number of fused-ring (bicyclic) bond motifs is 6. The lowest BCUT2D eigenvalue weighted by molar-refractivity contribution is -0.384. The highest BCUT2D eigenvalue weighted by atomic mass is 16.6. The average Bonchev–Trinajstić information content (AvgIpc) is 3.63. The van der Waals surface area contributed by atoms with Gasteiger partial charge in [-0.2, -0.15) is 0 Å². The topological polar surface area (TPSA) is 145 Å². The summed E-state index contributed by atoms with van der Waals surface area (Å²) in [6.45, 7) is 0. The van der Waals surface area contributed by atoms with E-state index in [9.17, 15) is 10.1 Å². The fourth-order valence-corrected chi connectivity index (χ4v) is 5.11. The van der Waals surface area contributed by atoms with Gasteiger partial charge in [0, 0.05) is 40.0 Å². The van der Waals surface area contributed by atoms with E-state index in [4.69, 9.17) is 14.6 Å². The molecule has 214 valence electrons. The van der Waals surface area contributed by atoms with E-state index in [0.717, 1.165) is 44.0 Å². The number of nitrogen functional groups attached to an aromatic ring is 1. The first-order valence-corrected chi connectivity index (χ1v) is 13.7. The SMILES string of the molecule is Nc1cccnc1Nc1cccc2c1oc1ccccc12.O=[N+]([O-])c1cccnc1Nc1cccc2c1oc1ccccc12. The summed E-state index contributed by atoms with van der Waals surface area (Å²) in [5.41, 5.74) is 11.0. The molecule has 0 bridgehead atoms. The Morgan fingerprint density at radius 1 is 0.591 bits per heavy atom. The second kappa shape index (κ2) is 11.1. The van der Waals surface area contributed by atoms with Crippen LogP contribution in [0.2, 0.25) is 0 Å². The number of furan rings is 2. The fourth-order valence-electron chi connectivity index (χ4n) is 5.11. The molecule has 0 radical (unpaired) electrons. The zero-order chi connectivity index (χ0) is 30.0. The van der Waals surface area contributed by atoms with Crippen LogP contribution in [0.5, 0.6) is 0 Å². The van der Waals surface area contributed by atoms with Crippen LogP contribution in [0.3, 0.4) is 0 Å². The normalized spacial score (nSPS) is 11.0. The molecule has 44 heavy (non-hydrogen) atoms. The molecule has 8 rings (SSSR count). The molecular formula is C34H24N6O4. The molecule has 0 aliphatic carbocycles. The number of hydrogen-bond donors (Lipinski definition) is 3. The number of nitro groups is 1. The quantitative estimate of drug-likeness (QED) is 0.134. The van der Waals surface area contributed by atoms with Crippen LogP contribution in [0.15, 0.2) is 130 Å². The van der Waals surface area contributed by atoms with Crippen molar-refractivity contribution in [3.05, 3.63) is 132 Å². The molecular weight excluding hydrogens is 556 g/mol. The molecule has 4 N–H and O–H groups in total. The highest BCUT2D eigenvalue weighted by molar-refractivity contribution is 6.10. The summed E-state index contributed by atoms with van der Waals surface area (Å²) in [7, 11) is 0. The molecule has 8 aromatic rings. The number of pyridine rings is 2. The van der Waals surface area contributed by atoms with Gasteiger partial charge in [-0.1, -0.05) is 60.7 Å². The first-order valence-electron chi connectivity index (χ1n) is 13.7. The summed E-state index contributed by atoms with van der Waals surface area (Å²) in [5, 5.41) is 21.5. The van der Waals surface area contributed by atoms with Crippen LogP contribution in [0, 0.1) is 10.1 Å². The van der Waals surface area contributed by atoms with Crippen LogP contribution >= 0.6 is 0 Å². The Kier molecular flexibility index (Phi) is 6.68. The molecule has 4 aromatic heterocycles. The lowest BCUT2D eigenvalue weighted by atomic mass is 10.1. The predicted octanol–water partition coefficient (Wildman–Crippen LogP) is 8.94. The highest BCUT2D eigenvalue weighted by Gasteiger charge is 2.17. The van der Waals surface area contributed by atoms with Crippen molar-refractivity contribution >= 4 is 78.3 Å². The van der Waals surface area contributed by atoms with Crippen molar-refractivity contribution in [3.63, 3.8) is 0 Å². The van der Waals surface area contributed by atoms with Crippen LogP contribution in [-0.4, -0.2) is 14.9 Å². The molecule has 4 heterocycles. The Labute approximate surface area is 249 Å². The van der Waals surface area contributed by atoms with Crippen molar-refractivity contribution in [2.45, 2.75) is 0 Å². The van der Waals surface area contributed by atoms with E-state index in [1.165, 1.54) is 18.3 Å². The number of nitrogens with one attached hydrogen (secondary N) is 2. The molecule has 0 amide bonds. The molecule has 0 saturated heterocycles. The van der Waals surface area contributed by atoms with Gasteiger partial charge in [0.15, 0.2) is 17.0 Å². The number of nitrogens with zero attached hydrogens (tertiary/aromatic N) is 3. The molecule has 10 heteroatoms. The van der Waals surface area contributed by atoms with E-state index in [1.54, 1.807) is 6.20 Å². The van der Waals surface area contributed by atoms with Crippen molar-refractivity contribution in [3.8, 4) is 0 Å². The maximum Gasteiger partial charge on any atom is 0.311 e. The largest absolute Gasteiger partial charge is 0.454 e. The van der Waals surface area contributed by atoms with Crippen LogP contribution in [0.1, 0.15) is 0 Å². The Bertz CT molecular complexity index is 2310. The first kappa shape index (κ1) is 26.5. The molecule has 0 unspecified atom stereocenters. The summed E-state index contributed by atoms with van der Waals surface area (Å²) in [4.78, 5) is 19.0. The van der Waals surface area contributed by atoms with Gasteiger partial charge < -0.3 is 25.2 Å². The van der Waals surface area contributed by atoms with Gasteiger partial charge in [0.2, 0.25) is 5.82 Å². The number of hydrogen-bond acceptors (Lipinski definition) is 9. The standard InChI is InChI=1S/C17H11N3O3.C17H13N3O/c21-20(22)14-8-4-10-18-17(14)19-13-7-3-6-12-11-5-1-2-9-15(11)23-16(12)13;18-13-7-4-10-19-17(13)20-14-8-3-6-12-11-5-1-2-9-15(11)21-16(12)14/h1-10H,(H,18,19);1-10H,18H2,(H,19,20). The summed E-state index contributed by atoms with van der Waals surface area (Å²) < 4.78 is 11.9. The Morgan fingerprint density at radius 2 is 1.09 bits per heavy atom.